The number of carbonyl (C=O) groups is 1. The molecule has 0 spiro atoms. The van der Waals surface area contributed by atoms with Crippen molar-refractivity contribution < 1.29 is 27.1 Å². The first-order chi connectivity index (χ1) is 23.0. The Kier molecular flexibility index (Phi) is 8.64. The average molecular weight is 654 g/mol. The van der Waals surface area contributed by atoms with Crippen molar-refractivity contribution in [2.75, 3.05) is 11.9 Å². The Balaban J connectivity index is 1.27. The Hall–Kier alpha value is -6.04. The molecule has 0 saturated heterocycles. The van der Waals surface area contributed by atoms with Crippen molar-refractivity contribution in [2.45, 2.75) is 20.0 Å². The zero-order valence-electron chi connectivity index (χ0n) is 25.6. The molecule has 6 rings (SSSR count). The zero-order valence-corrected chi connectivity index (χ0v) is 25.6. The molecule has 2 heterocycles. The van der Waals surface area contributed by atoms with Gasteiger partial charge in [-0.15, -0.1) is 0 Å². The molecule has 12 heteroatoms. The number of fused-ring (bicyclic) bond motifs is 1. The van der Waals surface area contributed by atoms with Gasteiger partial charge >= 0.3 is 6.18 Å². The van der Waals surface area contributed by atoms with Crippen molar-refractivity contribution in [3.8, 4) is 22.8 Å². The van der Waals surface area contributed by atoms with Crippen LogP contribution in [0.5, 0.6) is 5.75 Å². The van der Waals surface area contributed by atoms with Gasteiger partial charge in [-0.05, 0) is 80.6 Å². The predicted molar refractivity (Wildman–Crippen MR) is 175 cm³/mol. The molecule has 0 radical (unpaired) electrons. The zero-order chi connectivity index (χ0) is 34.0. The van der Waals surface area contributed by atoms with E-state index in [2.05, 4.69) is 15.4 Å². The van der Waals surface area contributed by atoms with Gasteiger partial charge in [-0.25, -0.2) is 9.37 Å². The Morgan fingerprint density at radius 3 is 2.42 bits per heavy atom. The van der Waals surface area contributed by atoms with E-state index in [0.717, 1.165) is 33.9 Å². The summed E-state index contributed by atoms with van der Waals surface area (Å²) in [7, 11) is 0. The molecule has 6 aromatic rings. The van der Waals surface area contributed by atoms with Crippen LogP contribution in [0.3, 0.4) is 0 Å². The summed E-state index contributed by atoms with van der Waals surface area (Å²) >= 11 is 0. The second kappa shape index (κ2) is 13.0. The van der Waals surface area contributed by atoms with Crippen molar-refractivity contribution >= 4 is 28.7 Å². The number of amides is 1. The van der Waals surface area contributed by atoms with Crippen molar-refractivity contribution in [1.82, 2.24) is 14.2 Å². The largest absolute Gasteiger partial charge is 0.484 e. The van der Waals surface area contributed by atoms with Gasteiger partial charge in [0.05, 0.1) is 28.4 Å². The Labute approximate surface area is 271 Å². The molecule has 4 aromatic carbocycles. The highest BCUT2D eigenvalue weighted by Crippen LogP contribution is 2.32. The van der Waals surface area contributed by atoms with Gasteiger partial charge in [-0.3, -0.25) is 9.59 Å². The number of benzene rings is 4. The summed E-state index contributed by atoms with van der Waals surface area (Å²) in [6, 6.07) is 25.9. The maximum atomic E-state index is 13.8. The van der Waals surface area contributed by atoms with Crippen LogP contribution in [0.4, 0.5) is 23.2 Å². The molecule has 0 fully saturated rings. The first kappa shape index (κ1) is 31.9. The van der Waals surface area contributed by atoms with Crippen LogP contribution in [0.1, 0.15) is 22.5 Å². The topological polar surface area (TPSA) is 90.5 Å². The molecular formula is C36H27F4N5O3. The van der Waals surface area contributed by atoms with E-state index >= 15 is 0 Å². The molecular weight excluding hydrogens is 626 g/mol. The summed E-state index contributed by atoms with van der Waals surface area (Å²) in [6.07, 6.45) is -3.11. The highest BCUT2D eigenvalue weighted by Gasteiger charge is 2.31. The van der Waals surface area contributed by atoms with Crippen molar-refractivity contribution in [1.29, 1.82) is 0 Å². The van der Waals surface area contributed by atoms with Crippen LogP contribution in [0, 0.1) is 19.7 Å². The van der Waals surface area contributed by atoms with E-state index in [4.69, 9.17) is 4.74 Å². The SMILES string of the molecule is Cc1cc(C=Nn2c(-c3cccc(C(F)(F)F)c3)nc3ccccc3c2=O)c(C)n1-c1ccc(OCC(=O)Nc2ccccc2F)cc1. The second-order valence-electron chi connectivity index (χ2n) is 10.9. The lowest BCUT2D eigenvalue weighted by atomic mass is 10.1. The highest BCUT2D eigenvalue weighted by molar-refractivity contribution is 5.92. The summed E-state index contributed by atoms with van der Waals surface area (Å²) < 4.78 is 62.9. The first-order valence-electron chi connectivity index (χ1n) is 14.7. The highest BCUT2D eigenvalue weighted by atomic mass is 19.4. The van der Waals surface area contributed by atoms with Crippen LogP contribution in [0.15, 0.2) is 113 Å². The number of hydrogen-bond donors (Lipinski definition) is 1. The number of rotatable bonds is 8. The van der Waals surface area contributed by atoms with Crippen LogP contribution in [0.2, 0.25) is 0 Å². The van der Waals surface area contributed by atoms with Crippen molar-refractivity contribution in [3.05, 3.63) is 142 Å². The van der Waals surface area contributed by atoms with Gasteiger partial charge in [0.25, 0.3) is 11.5 Å². The summed E-state index contributed by atoms with van der Waals surface area (Å²) in [5.41, 5.74) is 2.13. The summed E-state index contributed by atoms with van der Waals surface area (Å²) in [5.74, 6) is -0.665. The lowest BCUT2D eigenvalue weighted by Crippen LogP contribution is -2.20. The van der Waals surface area contributed by atoms with Crippen LogP contribution in [0.25, 0.3) is 28.0 Å². The second-order valence-corrected chi connectivity index (χ2v) is 10.9. The van der Waals surface area contributed by atoms with E-state index in [1.165, 1.54) is 36.5 Å². The molecule has 0 aliphatic rings. The van der Waals surface area contributed by atoms with Crippen molar-refractivity contribution in [3.63, 3.8) is 0 Å². The molecule has 1 amide bonds. The number of ether oxygens (including phenoxy) is 1. The molecule has 0 saturated carbocycles. The van der Waals surface area contributed by atoms with Gasteiger partial charge in [0.2, 0.25) is 0 Å². The smallest absolute Gasteiger partial charge is 0.416 e. The number of halogens is 4. The number of nitrogens with zero attached hydrogens (tertiary/aromatic N) is 4. The van der Waals surface area contributed by atoms with E-state index in [0.29, 0.717) is 16.8 Å². The summed E-state index contributed by atoms with van der Waals surface area (Å²) in [5, 5.41) is 7.17. The van der Waals surface area contributed by atoms with Gasteiger partial charge < -0.3 is 14.6 Å². The fraction of sp³-hybridized carbons (Fsp3) is 0.111. The van der Waals surface area contributed by atoms with Gasteiger partial charge in [-0.1, -0.05) is 36.4 Å². The van der Waals surface area contributed by atoms with Crippen LogP contribution >= 0.6 is 0 Å². The lowest BCUT2D eigenvalue weighted by Gasteiger charge is -2.12. The molecule has 1 N–H and O–H groups in total. The van der Waals surface area contributed by atoms with E-state index in [1.807, 2.05) is 24.5 Å². The molecule has 0 bridgehead atoms. The van der Waals surface area contributed by atoms with Crippen LogP contribution < -0.4 is 15.6 Å². The van der Waals surface area contributed by atoms with E-state index in [9.17, 15) is 27.2 Å². The third-order valence-electron chi connectivity index (χ3n) is 7.60. The third-order valence-corrected chi connectivity index (χ3v) is 7.60. The Bertz CT molecular complexity index is 2240. The molecule has 48 heavy (non-hydrogen) atoms. The average Bonchev–Trinajstić information content (AvgIpc) is 3.36. The lowest BCUT2D eigenvalue weighted by molar-refractivity contribution is -0.137. The fourth-order valence-corrected chi connectivity index (χ4v) is 5.28. The quantitative estimate of drug-likeness (QED) is 0.136. The number of para-hydroxylation sites is 2. The van der Waals surface area contributed by atoms with E-state index in [1.54, 1.807) is 54.6 Å². The first-order valence-corrected chi connectivity index (χ1v) is 14.7. The Morgan fingerprint density at radius 1 is 0.938 bits per heavy atom. The number of hydrogen-bond acceptors (Lipinski definition) is 5. The van der Waals surface area contributed by atoms with Crippen LogP contribution in [-0.2, 0) is 11.0 Å². The monoisotopic (exact) mass is 653 g/mol. The molecule has 2 aromatic heterocycles. The van der Waals surface area contributed by atoms with Gasteiger partial charge in [-0.2, -0.15) is 22.9 Å². The van der Waals surface area contributed by atoms with E-state index < -0.39 is 29.0 Å². The predicted octanol–water partition coefficient (Wildman–Crippen LogP) is 7.53. The number of nitrogens with one attached hydrogen (secondary N) is 1. The maximum Gasteiger partial charge on any atom is 0.416 e. The number of aromatic nitrogens is 3. The molecule has 0 unspecified atom stereocenters. The van der Waals surface area contributed by atoms with Gasteiger partial charge in [0.15, 0.2) is 12.4 Å². The minimum Gasteiger partial charge on any atom is -0.484 e. The minimum atomic E-state index is -4.58. The standard InChI is InChI=1S/C36H27F4N5O3/c1-22-18-25(23(2)44(22)27-14-16-28(17-15-27)48-21-33(46)42-32-13-6-4-11-30(32)37)20-41-45-34(24-8-7-9-26(19-24)36(38,39)40)43-31-12-5-3-10-29(31)35(45)47/h3-20H,21H2,1-2H3,(H,42,46). The van der Waals surface area contributed by atoms with Crippen molar-refractivity contribution in [2.24, 2.45) is 5.10 Å². The summed E-state index contributed by atoms with van der Waals surface area (Å²) in [4.78, 5) is 30.3. The molecule has 8 nitrogen and oxygen atoms in total. The minimum absolute atomic E-state index is 0.0342. The number of aryl methyl sites for hydroxylation is 1. The van der Waals surface area contributed by atoms with E-state index in [-0.39, 0.29) is 29.1 Å². The summed E-state index contributed by atoms with van der Waals surface area (Å²) in [6.45, 7) is 3.43. The number of alkyl halides is 3. The van der Waals surface area contributed by atoms with Gasteiger partial charge in [0.1, 0.15) is 11.6 Å². The maximum absolute atomic E-state index is 13.8. The fourth-order valence-electron chi connectivity index (χ4n) is 5.28. The number of carbonyl (C=O) groups excluding carboxylic acids is 1. The number of anilines is 1. The molecule has 0 aliphatic heterocycles. The van der Waals surface area contributed by atoms with Gasteiger partial charge in [0, 0.05) is 28.2 Å². The Morgan fingerprint density at radius 2 is 1.67 bits per heavy atom. The normalized spacial score (nSPS) is 11.7. The third kappa shape index (κ3) is 6.59. The molecule has 0 aliphatic carbocycles. The molecule has 242 valence electrons. The van der Waals surface area contributed by atoms with Crippen LogP contribution in [-0.4, -0.2) is 33.0 Å². The molecule has 0 atom stereocenters.